The zero-order chi connectivity index (χ0) is 15.6. The van der Waals surface area contributed by atoms with E-state index in [1.165, 1.54) is 13.2 Å². The van der Waals surface area contributed by atoms with Gasteiger partial charge in [-0.2, -0.15) is 0 Å². The molecule has 0 heterocycles. The fraction of sp³-hybridized carbons (Fsp3) is 0.143. The van der Waals surface area contributed by atoms with Gasteiger partial charge in [0.05, 0.1) is 23.4 Å². The van der Waals surface area contributed by atoms with Crippen LogP contribution >= 0.6 is 15.9 Å². The van der Waals surface area contributed by atoms with E-state index >= 15 is 0 Å². The first-order valence-electron chi connectivity index (χ1n) is 5.93. The number of halogens is 2. The van der Waals surface area contributed by atoms with Crippen LogP contribution in [0.5, 0.6) is 5.75 Å². The molecule has 2 rings (SSSR count). The Kier molecular flexibility index (Phi) is 4.53. The summed E-state index contributed by atoms with van der Waals surface area (Å²) in [6.07, 6.45) is 0. The molecule has 0 aliphatic heterocycles. The Balaban J connectivity index is 2.47. The molecule has 112 valence electrons. The summed E-state index contributed by atoms with van der Waals surface area (Å²) in [6.45, 7) is 0. The van der Waals surface area contributed by atoms with Crippen molar-refractivity contribution >= 4 is 31.5 Å². The van der Waals surface area contributed by atoms with Crippen molar-refractivity contribution < 1.29 is 17.5 Å². The van der Waals surface area contributed by atoms with Crippen LogP contribution in [0.2, 0.25) is 0 Å². The van der Waals surface area contributed by atoms with Gasteiger partial charge in [-0.3, -0.25) is 0 Å². The van der Waals surface area contributed by atoms with Crippen LogP contribution in [0.25, 0.3) is 0 Å². The number of sulfone groups is 1. The molecule has 0 aliphatic carbocycles. The molecular weight excluding hydrogens is 361 g/mol. The summed E-state index contributed by atoms with van der Waals surface area (Å²) in [5.74, 6) is -0.538. The topological polar surface area (TPSA) is 69.4 Å². The number of nitrogen functional groups attached to an aromatic ring is 1. The Hall–Kier alpha value is -1.60. The highest BCUT2D eigenvalue weighted by molar-refractivity contribution is 9.10. The van der Waals surface area contributed by atoms with Crippen LogP contribution in [-0.2, 0) is 15.6 Å². The predicted octanol–water partition coefficient (Wildman–Crippen LogP) is 3.15. The van der Waals surface area contributed by atoms with Crippen molar-refractivity contribution in [2.24, 2.45) is 0 Å². The van der Waals surface area contributed by atoms with Gasteiger partial charge in [0.15, 0.2) is 9.84 Å². The van der Waals surface area contributed by atoms with Gasteiger partial charge in [-0.15, -0.1) is 0 Å². The highest BCUT2D eigenvalue weighted by atomic mass is 79.9. The lowest BCUT2D eigenvalue weighted by Gasteiger charge is -2.11. The summed E-state index contributed by atoms with van der Waals surface area (Å²) in [7, 11) is -2.33. The third-order valence-electron chi connectivity index (χ3n) is 2.90. The van der Waals surface area contributed by atoms with Crippen LogP contribution in [0.3, 0.4) is 0 Å². The lowest BCUT2D eigenvalue weighted by atomic mass is 10.2. The molecule has 2 aromatic rings. The van der Waals surface area contributed by atoms with Crippen LogP contribution < -0.4 is 10.5 Å². The van der Waals surface area contributed by atoms with Gasteiger partial charge >= 0.3 is 0 Å². The third kappa shape index (κ3) is 3.54. The van der Waals surface area contributed by atoms with E-state index in [2.05, 4.69) is 15.9 Å². The zero-order valence-electron chi connectivity index (χ0n) is 11.1. The molecule has 0 unspecified atom stereocenters. The van der Waals surface area contributed by atoms with Crippen molar-refractivity contribution in [1.82, 2.24) is 0 Å². The monoisotopic (exact) mass is 373 g/mol. The Morgan fingerprint density at radius 1 is 1.24 bits per heavy atom. The van der Waals surface area contributed by atoms with Gasteiger partial charge in [0, 0.05) is 10.0 Å². The van der Waals surface area contributed by atoms with E-state index in [1.807, 2.05) is 0 Å². The summed E-state index contributed by atoms with van der Waals surface area (Å²) in [4.78, 5) is -0.218. The Morgan fingerprint density at radius 3 is 2.62 bits per heavy atom. The van der Waals surface area contributed by atoms with Crippen LogP contribution in [0.4, 0.5) is 10.1 Å². The van der Waals surface area contributed by atoms with Gasteiger partial charge in [0.25, 0.3) is 0 Å². The maximum Gasteiger partial charge on any atom is 0.184 e. The molecule has 0 fully saturated rings. The number of nitrogens with two attached hydrogens (primary N) is 1. The first kappa shape index (κ1) is 15.8. The molecule has 0 amide bonds. The van der Waals surface area contributed by atoms with Crippen LogP contribution in [-0.4, -0.2) is 15.5 Å². The molecule has 0 radical (unpaired) electrons. The Bertz CT molecular complexity index is 778. The summed E-state index contributed by atoms with van der Waals surface area (Å²) >= 11 is 3.28. The van der Waals surface area contributed by atoms with E-state index in [0.29, 0.717) is 11.3 Å². The summed E-state index contributed by atoms with van der Waals surface area (Å²) < 4.78 is 44.0. The summed E-state index contributed by atoms with van der Waals surface area (Å²) in [6, 6.07) is 8.32. The highest BCUT2D eigenvalue weighted by Crippen LogP contribution is 2.29. The van der Waals surface area contributed by atoms with Gasteiger partial charge in [0.1, 0.15) is 11.6 Å². The molecule has 0 atom stereocenters. The summed E-state index contributed by atoms with van der Waals surface area (Å²) in [5, 5.41) is 0. The highest BCUT2D eigenvalue weighted by Gasteiger charge is 2.21. The van der Waals surface area contributed by atoms with E-state index in [9.17, 15) is 12.8 Å². The van der Waals surface area contributed by atoms with Crippen molar-refractivity contribution in [3.63, 3.8) is 0 Å². The molecular formula is C14H13BrFNO3S. The number of rotatable bonds is 4. The first-order chi connectivity index (χ1) is 9.83. The van der Waals surface area contributed by atoms with E-state index < -0.39 is 15.7 Å². The van der Waals surface area contributed by atoms with E-state index in [-0.39, 0.29) is 16.3 Å². The minimum absolute atomic E-state index is 0.0189. The quantitative estimate of drug-likeness (QED) is 0.835. The minimum Gasteiger partial charge on any atom is -0.496 e. The number of hydrogen-bond acceptors (Lipinski definition) is 4. The molecule has 4 nitrogen and oxygen atoms in total. The molecule has 2 N–H and O–H groups in total. The lowest BCUT2D eigenvalue weighted by molar-refractivity contribution is 0.411. The van der Waals surface area contributed by atoms with Gasteiger partial charge in [0.2, 0.25) is 0 Å². The van der Waals surface area contributed by atoms with E-state index in [0.717, 1.165) is 16.6 Å². The number of ether oxygens (including phenoxy) is 1. The van der Waals surface area contributed by atoms with Gasteiger partial charge < -0.3 is 10.5 Å². The van der Waals surface area contributed by atoms with Crippen molar-refractivity contribution in [2.75, 3.05) is 12.8 Å². The Morgan fingerprint density at radius 2 is 1.95 bits per heavy atom. The molecule has 0 aromatic heterocycles. The second-order valence-corrected chi connectivity index (χ2v) is 7.27. The SMILES string of the molecule is COc1ccc(Br)cc1CS(=O)(=O)c1cc(F)ccc1N. The molecule has 7 heteroatoms. The molecule has 0 spiro atoms. The third-order valence-corrected chi connectivity index (χ3v) is 5.11. The number of methoxy groups -OCH3 is 1. The van der Waals surface area contributed by atoms with Crippen molar-refractivity contribution in [1.29, 1.82) is 0 Å². The second-order valence-electron chi connectivity index (χ2n) is 4.40. The Labute approximate surface area is 130 Å². The first-order valence-corrected chi connectivity index (χ1v) is 8.38. The standard InChI is InChI=1S/C14H13BrFNO3S/c1-20-13-5-2-10(15)6-9(13)8-21(18,19)14-7-11(16)3-4-12(14)17/h2-7H,8,17H2,1H3. The van der Waals surface area contributed by atoms with Crippen molar-refractivity contribution in [3.8, 4) is 5.75 Å². The minimum atomic E-state index is -3.78. The number of hydrogen-bond donors (Lipinski definition) is 1. The fourth-order valence-electron chi connectivity index (χ4n) is 1.92. The van der Waals surface area contributed by atoms with Crippen molar-refractivity contribution in [2.45, 2.75) is 10.6 Å². The average molecular weight is 374 g/mol. The van der Waals surface area contributed by atoms with E-state index in [1.54, 1.807) is 18.2 Å². The van der Waals surface area contributed by atoms with Crippen LogP contribution in [0.1, 0.15) is 5.56 Å². The van der Waals surface area contributed by atoms with Crippen LogP contribution in [0.15, 0.2) is 45.8 Å². The zero-order valence-corrected chi connectivity index (χ0v) is 13.5. The predicted molar refractivity (Wildman–Crippen MR) is 82.4 cm³/mol. The van der Waals surface area contributed by atoms with E-state index in [4.69, 9.17) is 10.5 Å². The fourth-order valence-corrected chi connectivity index (χ4v) is 3.84. The van der Waals surface area contributed by atoms with Crippen molar-refractivity contribution in [3.05, 3.63) is 52.3 Å². The molecule has 2 aromatic carbocycles. The summed E-state index contributed by atoms with van der Waals surface area (Å²) in [5.41, 5.74) is 6.13. The number of benzene rings is 2. The smallest absolute Gasteiger partial charge is 0.184 e. The normalized spacial score (nSPS) is 11.4. The number of anilines is 1. The average Bonchev–Trinajstić information content (AvgIpc) is 2.41. The molecule has 0 bridgehead atoms. The van der Waals surface area contributed by atoms with Crippen LogP contribution in [0, 0.1) is 5.82 Å². The maximum atomic E-state index is 13.3. The largest absolute Gasteiger partial charge is 0.496 e. The van der Waals surface area contributed by atoms with Gasteiger partial charge in [-0.25, -0.2) is 12.8 Å². The van der Waals surface area contributed by atoms with Gasteiger partial charge in [-0.1, -0.05) is 15.9 Å². The molecule has 0 aliphatic rings. The van der Waals surface area contributed by atoms with Gasteiger partial charge in [-0.05, 0) is 36.4 Å². The molecule has 21 heavy (non-hydrogen) atoms. The maximum absolute atomic E-state index is 13.3. The molecule has 0 saturated carbocycles. The molecule has 0 saturated heterocycles. The lowest BCUT2D eigenvalue weighted by Crippen LogP contribution is -2.09. The second kappa shape index (κ2) is 6.03.